The molecule has 76 valence electrons. The number of phenolic OH excluding ortho intramolecular Hbond substituents is 1. The molecule has 0 saturated heterocycles. The number of rotatable bonds is 1. The van der Waals surface area contributed by atoms with E-state index < -0.39 is 0 Å². The summed E-state index contributed by atoms with van der Waals surface area (Å²) in [7, 11) is 0. The minimum Gasteiger partial charge on any atom is -0.507 e. The predicted molar refractivity (Wildman–Crippen MR) is 66.3 cm³/mol. The van der Waals surface area contributed by atoms with Crippen LogP contribution in [0.25, 0.3) is 11.1 Å². The maximum atomic E-state index is 9.73. The summed E-state index contributed by atoms with van der Waals surface area (Å²) in [6.45, 7) is 0. The molecule has 0 heterocycles. The molecule has 0 fully saturated rings. The Morgan fingerprint density at radius 3 is 2.47 bits per heavy atom. The third kappa shape index (κ3) is 2.16. The molecule has 2 aromatic carbocycles. The summed E-state index contributed by atoms with van der Waals surface area (Å²) in [6.07, 6.45) is 0. The SMILES string of the molecule is Oc1ccc(Cl)cc1-c1ccccc1Br. The summed E-state index contributed by atoms with van der Waals surface area (Å²) in [5, 5.41) is 10.3. The highest BCUT2D eigenvalue weighted by Gasteiger charge is 2.07. The van der Waals surface area contributed by atoms with Gasteiger partial charge in [0.1, 0.15) is 5.75 Å². The molecule has 0 spiro atoms. The Hall–Kier alpha value is -0.990. The number of aromatic hydroxyl groups is 1. The summed E-state index contributed by atoms with van der Waals surface area (Å²) in [5.41, 5.74) is 1.66. The van der Waals surface area contributed by atoms with E-state index in [0.29, 0.717) is 5.02 Å². The molecule has 0 amide bonds. The van der Waals surface area contributed by atoms with Gasteiger partial charge in [-0.15, -0.1) is 0 Å². The fraction of sp³-hybridized carbons (Fsp3) is 0. The zero-order chi connectivity index (χ0) is 10.8. The monoisotopic (exact) mass is 282 g/mol. The highest BCUT2D eigenvalue weighted by Crippen LogP contribution is 2.35. The van der Waals surface area contributed by atoms with E-state index in [2.05, 4.69) is 15.9 Å². The first-order valence-corrected chi connectivity index (χ1v) is 5.59. The molecule has 2 rings (SSSR count). The van der Waals surface area contributed by atoms with E-state index >= 15 is 0 Å². The van der Waals surface area contributed by atoms with Crippen LogP contribution in [0.4, 0.5) is 0 Å². The van der Waals surface area contributed by atoms with Crippen LogP contribution in [-0.4, -0.2) is 5.11 Å². The second-order valence-corrected chi connectivity index (χ2v) is 4.43. The Bertz CT molecular complexity index is 497. The number of hydrogen-bond acceptors (Lipinski definition) is 1. The van der Waals surface area contributed by atoms with E-state index in [4.69, 9.17) is 11.6 Å². The molecular weight excluding hydrogens is 275 g/mol. The molecule has 0 aliphatic rings. The molecule has 2 aromatic rings. The molecule has 1 N–H and O–H groups in total. The lowest BCUT2D eigenvalue weighted by Crippen LogP contribution is -1.80. The van der Waals surface area contributed by atoms with E-state index in [9.17, 15) is 5.11 Å². The zero-order valence-electron chi connectivity index (χ0n) is 7.74. The number of benzene rings is 2. The maximum Gasteiger partial charge on any atom is 0.123 e. The van der Waals surface area contributed by atoms with Crippen molar-refractivity contribution in [3.63, 3.8) is 0 Å². The van der Waals surface area contributed by atoms with Gasteiger partial charge in [0.2, 0.25) is 0 Å². The van der Waals surface area contributed by atoms with Crippen LogP contribution in [0.15, 0.2) is 46.9 Å². The van der Waals surface area contributed by atoms with Crippen LogP contribution in [0.5, 0.6) is 5.75 Å². The van der Waals surface area contributed by atoms with Gasteiger partial charge >= 0.3 is 0 Å². The fourth-order valence-corrected chi connectivity index (χ4v) is 2.07. The van der Waals surface area contributed by atoms with Crippen molar-refractivity contribution < 1.29 is 5.11 Å². The highest BCUT2D eigenvalue weighted by atomic mass is 79.9. The van der Waals surface area contributed by atoms with E-state index in [1.54, 1.807) is 18.2 Å². The standard InChI is InChI=1S/C12H8BrClO/c13-11-4-2-1-3-9(11)10-7-8(14)5-6-12(10)15/h1-7,15H. The lowest BCUT2D eigenvalue weighted by Gasteiger charge is -2.07. The fourth-order valence-electron chi connectivity index (χ4n) is 1.40. The Morgan fingerprint density at radius 2 is 1.73 bits per heavy atom. The molecule has 1 nitrogen and oxygen atoms in total. The smallest absolute Gasteiger partial charge is 0.123 e. The van der Waals surface area contributed by atoms with Crippen molar-refractivity contribution in [1.29, 1.82) is 0 Å². The van der Waals surface area contributed by atoms with E-state index in [1.807, 2.05) is 24.3 Å². The Morgan fingerprint density at radius 1 is 1.00 bits per heavy atom. The minimum atomic E-state index is 0.228. The Balaban J connectivity index is 2.64. The van der Waals surface area contributed by atoms with Gasteiger partial charge in [-0.2, -0.15) is 0 Å². The van der Waals surface area contributed by atoms with Gasteiger partial charge in [-0.3, -0.25) is 0 Å². The van der Waals surface area contributed by atoms with Crippen LogP contribution in [0, 0.1) is 0 Å². The van der Waals surface area contributed by atoms with Crippen LogP contribution in [0.1, 0.15) is 0 Å². The van der Waals surface area contributed by atoms with Gasteiger partial charge < -0.3 is 5.11 Å². The summed E-state index contributed by atoms with van der Waals surface area (Å²) in [5.74, 6) is 0.228. The summed E-state index contributed by atoms with van der Waals surface area (Å²) >= 11 is 9.33. The molecular formula is C12H8BrClO. The largest absolute Gasteiger partial charge is 0.507 e. The molecule has 0 saturated carbocycles. The normalized spacial score (nSPS) is 10.3. The van der Waals surface area contributed by atoms with Crippen molar-refractivity contribution in [3.8, 4) is 16.9 Å². The van der Waals surface area contributed by atoms with Crippen LogP contribution >= 0.6 is 27.5 Å². The van der Waals surface area contributed by atoms with Gasteiger partial charge in [0.05, 0.1) is 0 Å². The number of halogens is 2. The third-order valence-electron chi connectivity index (χ3n) is 2.12. The molecule has 0 unspecified atom stereocenters. The minimum absolute atomic E-state index is 0.228. The van der Waals surface area contributed by atoms with E-state index in [-0.39, 0.29) is 5.75 Å². The number of hydrogen-bond donors (Lipinski definition) is 1. The Labute approximate surface area is 101 Å². The van der Waals surface area contributed by atoms with Gasteiger partial charge in [-0.1, -0.05) is 45.7 Å². The second kappa shape index (κ2) is 4.25. The zero-order valence-corrected chi connectivity index (χ0v) is 10.1. The van der Waals surface area contributed by atoms with Crippen molar-refractivity contribution >= 4 is 27.5 Å². The first kappa shape index (κ1) is 10.5. The summed E-state index contributed by atoms with van der Waals surface area (Å²) < 4.78 is 0.933. The molecule has 0 atom stereocenters. The van der Waals surface area contributed by atoms with Gasteiger partial charge in [-0.05, 0) is 29.8 Å². The third-order valence-corrected chi connectivity index (χ3v) is 3.05. The van der Waals surface area contributed by atoms with Gasteiger partial charge in [0.25, 0.3) is 0 Å². The van der Waals surface area contributed by atoms with Crippen LogP contribution < -0.4 is 0 Å². The molecule has 0 aliphatic carbocycles. The van der Waals surface area contributed by atoms with Gasteiger partial charge in [-0.25, -0.2) is 0 Å². The van der Waals surface area contributed by atoms with Gasteiger partial charge in [0.15, 0.2) is 0 Å². The van der Waals surface area contributed by atoms with Crippen LogP contribution in [0.3, 0.4) is 0 Å². The molecule has 3 heteroatoms. The van der Waals surface area contributed by atoms with Crippen molar-refractivity contribution in [2.75, 3.05) is 0 Å². The first-order valence-electron chi connectivity index (χ1n) is 4.42. The van der Waals surface area contributed by atoms with Crippen molar-refractivity contribution in [1.82, 2.24) is 0 Å². The van der Waals surface area contributed by atoms with Crippen LogP contribution in [0.2, 0.25) is 5.02 Å². The predicted octanol–water partition coefficient (Wildman–Crippen LogP) is 4.48. The van der Waals surface area contributed by atoms with Crippen molar-refractivity contribution in [3.05, 3.63) is 52.0 Å². The summed E-state index contributed by atoms with van der Waals surface area (Å²) in [4.78, 5) is 0. The maximum absolute atomic E-state index is 9.73. The van der Waals surface area contributed by atoms with Crippen molar-refractivity contribution in [2.45, 2.75) is 0 Å². The molecule has 15 heavy (non-hydrogen) atoms. The quantitative estimate of drug-likeness (QED) is 0.818. The lowest BCUT2D eigenvalue weighted by molar-refractivity contribution is 0.477. The average molecular weight is 284 g/mol. The van der Waals surface area contributed by atoms with Crippen molar-refractivity contribution in [2.24, 2.45) is 0 Å². The molecule has 0 radical (unpaired) electrons. The second-order valence-electron chi connectivity index (χ2n) is 3.14. The van der Waals surface area contributed by atoms with E-state index in [0.717, 1.165) is 15.6 Å². The molecule has 0 aliphatic heterocycles. The lowest BCUT2D eigenvalue weighted by atomic mass is 10.1. The average Bonchev–Trinajstić information content (AvgIpc) is 2.23. The Kier molecular flexibility index (Phi) is 2.98. The molecule has 0 aromatic heterocycles. The first-order chi connectivity index (χ1) is 7.18. The highest BCUT2D eigenvalue weighted by molar-refractivity contribution is 9.10. The number of phenols is 1. The summed E-state index contributed by atoms with van der Waals surface area (Å²) in [6, 6.07) is 12.7. The molecule has 0 bridgehead atoms. The van der Waals surface area contributed by atoms with Gasteiger partial charge in [0, 0.05) is 15.1 Å². The topological polar surface area (TPSA) is 20.2 Å². The van der Waals surface area contributed by atoms with Crippen LogP contribution in [-0.2, 0) is 0 Å². The van der Waals surface area contributed by atoms with E-state index in [1.165, 1.54) is 0 Å².